The lowest BCUT2D eigenvalue weighted by Crippen LogP contribution is -2.38. The van der Waals surface area contributed by atoms with Crippen molar-refractivity contribution < 1.29 is 13.2 Å². The van der Waals surface area contributed by atoms with E-state index in [9.17, 15) is 8.42 Å². The zero-order chi connectivity index (χ0) is 17.8. The molecule has 0 spiro atoms. The molecule has 0 heterocycles. The van der Waals surface area contributed by atoms with Crippen molar-refractivity contribution in [2.45, 2.75) is 26.8 Å². The molecule has 0 radical (unpaired) electrons. The van der Waals surface area contributed by atoms with Crippen molar-refractivity contribution >= 4 is 16.0 Å². The minimum atomic E-state index is -3.12. The van der Waals surface area contributed by atoms with Gasteiger partial charge in [0.05, 0.1) is 19.4 Å². The van der Waals surface area contributed by atoms with Crippen LogP contribution in [0.3, 0.4) is 0 Å². The number of nitrogens with zero attached hydrogens (tertiary/aromatic N) is 1. The standard InChI is InChI=1S/C16H28N4O3S/c1-4-17-16(18-10-7-11-20-24(21,22)5-2)19-13-14-8-6-9-15(12-14)23-3/h6,8-9,12,20H,4-5,7,10-11,13H2,1-3H3,(H2,17,18,19). The van der Waals surface area contributed by atoms with Crippen molar-refractivity contribution in [2.24, 2.45) is 4.99 Å². The summed E-state index contributed by atoms with van der Waals surface area (Å²) >= 11 is 0. The van der Waals surface area contributed by atoms with Crippen LogP contribution in [-0.2, 0) is 16.6 Å². The molecule has 0 aliphatic heterocycles. The maximum atomic E-state index is 11.3. The molecule has 8 heteroatoms. The van der Waals surface area contributed by atoms with E-state index in [2.05, 4.69) is 20.3 Å². The quantitative estimate of drug-likeness (QED) is 0.331. The van der Waals surface area contributed by atoms with Crippen LogP contribution in [0.1, 0.15) is 25.8 Å². The van der Waals surface area contributed by atoms with Crippen molar-refractivity contribution in [3.8, 4) is 5.75 Å². The minimum Gasteiger partial charge on any atom is -0.497 e. The van der Waals surface area contributed by atoms with E-state index in [0.29, 0.717) is 32.0 Å². The normalized spacial score (nSPS) is 12.0. The summed E-state index contributed by atoms with van der Waals surface area (Å²) in [5.74, 6) is 1.62. The van der Waals surface area contributed by atoms with Crippen LogP contribution in [-0.4, -0.2) is 46.9 Å². The number of hydrogen-bond donors (Lipinski definition) is 3. The molecule has 0 fully saturated rings. The van der Waals surface area contributed by atoms with Crippen molar-refractivity contribution in [3.05, 3.63) is 29.8 Å². The predicted octanol–water partition coefficient (Wildman–Crippen LogP) is 1.08. The van der Waals surface area contributed by atoms with Crippen LogP contribution in [0.2, 0.25) is 0 Å². The molecule has 136 valence electrons. The molecule has 0 bridgehead atoms. The summed E-state index contributed by atoms with van der Waals surface area (Å²) in [6.07, 6.45) is 0.683. The van der Waals surface area contributed by atoms with Crippen molar-refractivity contribution in [2.75, 3.05) is 32.5 Å². The number of benzene rings is 1. The summed E-state index contributed by atoms with van der Waals surface area (Å²) in [4.78, 5) is 4.52. The van der Waals surface area contributed by atoms with Gasteiger partial charge in [-0.1, -0.05) is 12.1 Å². The number of aliphatic imine (C=N–C) groups is 1. The van der Waals surface area contributed by atoms with Gasteiger partial charge in [-0.25, -0.2) is 18.1 Å². The zero-order valence-corrected chi connectivity index (χ0v) is 15.4. The SMILES string of the molecule is CCNC(=NCc1cccc(OC)c1)NCCCNS(=O)(=O)CC. The second-order valence-electron chi connectivity index (χ2n) is 5.12. The number of rotatable bonds is 10. The summed E-state index contributed by atoms with van der Waals surface area (Å²) in [6, 6.07) is 7.78. The average Bonchev–Trinajstić information content (AvgIpc) is 2.59. The highest BCUT2D eigenvalue weighted by atomic mass is 32.2. The maximum Gasteiger partial charge on any atom is 0.211 e. The molecule has 0 atom stereocenters. The van der Waals surface area contributed by atoms with Crippen molar-refractivity contribution in [1.82, 2.24) is 15.4 Å². The third-order valence-electron chi connectivity index (χ3n) is 3.25. The molecular formula is C16H28N4O3S. The number of sulfonamides is 1. The highest BCUT2D eigenvalue weighted by Gasteiger charge is 2.04. The van der Waals surface area contributed by atoms with Crippen LogP contribution < -0.4 is 20.1 Å². The summed E-state index contributed by atoms with van der Waals surface area (Å²) in [6.45, 7) is 5.96. The third kappa shape index (κ3) is 8.16. The largest absolute Gasteiger partial charge is 0.497 e. The summed E-state index contributed by atoms with van der Waals surface area (Å²) in [7, 11) is -1.48. The number of hydrogen-bond acceptors (Lipinski definition) is 4. The van der Waals surface area contributed by atoms with Crippen LogP contribution in [0.25, 0.3) is 0 Å². The molecule has 0 aliphatic rings. The molecule has 1 aromatic carbocycles. The fourth-order valence-corrected chi connectivity index (χ4v) is 2.57. The van der Waals surface area contributed by atoms with Crippen LogP contribution >= 0.6 is 0 Å². The Kier molecular flexibility index (Phi) is 9.18. The zero-order valence-electron chi connectivity index (χ0n) is 14.6. The van der Waals surface area contributed by atoms with Gasteiger partial charge in [-0.05, 0) is 38.0 Å². The molecule has 0 saturated carbocycles. The van der Waals surface area contributed by atoms with Gasteiger partial charge < -0.3 is 15.4 Å². The Morgan fingerprint density at radius 2 is 2.00 bits per heavy atom. The minimum absolute atomic E-state index is 0.102. The fourth-order valence-electron chi connectivity index (χ4n) is 1.91. The lowest BCUT2D eigenvalue weighted by molar-refractivity contribution is 0.414. The maximum absolute atomic E-state index is 11.3. The Balaban J connectivity index is 2.45. The van der Waals surface area contributed by atoms with E-state index in [1.54, 1.807) is 14.0 Å². The fraction of sp³-hybridized carbons (Fsp3) is 0.562. The topological polar surface area (TPSA) is 91.8 Å². The van der Waals surface area contributed by atoms with Gasteiger partial charge in [0.2, 0.25) is 10.0 Å². The monoisotopic (exact) mass is 356 g/mol. The molecule has 1 rings (SSSR count). The number of nitrogens with one attached hydrogen (secondary N) is 3. The van der Waals surface area contributed by atoms with Crippen LogP contribution in [0.5, 0.6) is 5.75 Å². The Morgan fingerprint density at radius 1 is 1.21 bits per heavy atom. The Labute approximate surface area is 145 Å². The second-order valence-corrected chi connectivity index (χ2v) is 7.22. The van der Waals surface area contributed by atoms with Gasteiger partial charge in [-0.3, -0.25) is 0 Å². The molecular weight excluding hydrogens is 328 g/mol. The summed E-state index contributed by atoms with van der Waals surface area (Å²) in [5, 5.41) is 6.37. The van der Waals surface area contributed by atoms with E-state index in [1.165, 1.54) is 0 Å². The van der Waals surface area contributed by atoms with Crippen molar-refractivity contribution in [1.29, 1.82) is 0 Å². The Bertz CT molecular complexity index is 618. The first kappa shape index (κ1) is 20.2. The molecule has 7 nitrogen and oxygen atoms in total. The molecule has 24 heavy (non-hydrogen) atoms. The summed E-state index contributed by atoms with van der Waals surface area (Å²) < 4.78 is 30.4. The van der Waals surface area contributed by atoms with E-state index < -0.39 is 10.0 Å². The first-order valence-electron chi connectivity index (χ1n) is 8.13. The second kappa shape index (κ2) is 10.9. The number of ether oxygens (including phenoxy) is 1. The van der Waals surface area contributed by atoms with Crippen LogP contribution in [0, 0.1) is 0 Å². The van der Waals surface area contributed by atoms with Gasteiger partial charge in [0, 0.05) is 19.6 Å². The Morgan fingerprint density at radius 3 is 2.67 bits per heavy atom. The van der Waals surface area contributed by atoms with Gasteiger partial charge >= 0.3 is 0 Å². The van der Waals surface area contributed by atoms with Gasteiger partial charge in [-0.2, -0.15) is 0 Å². The smallest absolute Gasteiger partial charge is 0.211 e. The highest BCUT2D eigenvalue weighted by Crippen LogP contribution is 2.13. The first-order chi connectivity index (χ1) is 11.5. The van der Waals surface area contributed by atoms with Gasteiger partial charge in [0.1, 0.15) is 5.75 Å². The van der Waals surface area contributed by atoms with Crippen LogP contribution in [0.4, 0.5) is 0 Å². The molecule has 0 amide bonds. The number of guanidine groups is 1. The molecule has 1 aromatic rings. The van der Waals surface area contributed by atoms with Gasteiger partial charge in [0.15, 0.2) is 5.96 Å². The number of methoxy groups -OCH3 is 1. The lowest BCUT2D eigenvalue weighted by atomic mass is 10.2. The van der Waals surface area contributed by atoms with E-state index in [4.69, 9.17) is 4.74 Å². The summed E-state index contributed by atoms with van der Waals surface area (Å²) in [5.41, 5.74) is 1.06. The molecule has 0 aromatic heterocycles. The van der Waals surface area contributed by atoms with E-state index in [0.717, 1.165) is 17.9 Å². The molecule has 0 unspecified atom stereocenters. The van der Waals surface area contributed by atoms with Gasteiger partial charge in [0.25, 0.3) is 0 Å². The van der Waals surface area contributed by atoms with Crippen LogP contribution in [0.15, 0.2) is 29.3 Å². The Hall–Kier alpha value is -1.80. The van der Waals surface area contributed by atoms with Gasteiger partial charge in [-0.15, -0.1) is 0 Å². The molecule has 3 N–H and O–H groups in total. The van der Waals surface area contributed by atoms with Crippen molar-refractivity contribution in [3.63, 3.8) is 0 Å². The van der Waals surface area contributed by atoms with E-state index in [1.807, 2.05) is 31.2 Å². The van der Waals surface area contributed by atoms with E-state index in [-0.39, 0.29) is 5.75 Å². The predicted molar refractivity (Wildman–Crippen MR) is 97.9 cm³/mol. The third-order valence-corrected chi connectivity index (χ3v) is 4.65. The van der Waals surface area contributed by atoms with E-state index >= 15 is 0 Å². The lowest BCUT2D eigenvalue weighted by Gasteiger charge is -2.11. The highest BCUT2D eigenvalue weighted by molar-refractivity contribution is 7.89. The molecule has 0 saturated heterocycles. The molecule has 0 aliphatic carbocycles. The first-order valence-corrected chi connectivity index (χ1v) is 9.78. The average molecular weight is 356 g/mol.